The molecule has 1 heterocycles. The van der Waals surface area contributed by atoms with E-state index in [1.807, 2.05) is 0 Å². The van der Waals surface area contributed by atoms with E-state index in [1.165, 1.54) is 7.05 Å². The van der Waals surface area contributed by atoms with Crippen molar-refractivity contribution in [1.29, 1.82) is 0 Å². The molecule has 1 N–H and O–H groups in total. The van der Waals surface area contributed by atoms with Crippen molar-refractivity contribution < 1.29 is 27.5 Å². The fraction of sp³-hybridized carbons (Fsp3) is 0.750. The lowest BCUT2D eigenvalue weighted by atomic mass is 10.2. The molecule has 0 bridgehead atoms. The van der Waals surface area contributed by atoms with Crippen molar-refractivity contribution in [3.8, 4) is 0 Å². The molecule has 1 fully saturated rings. The molecule has 1 aliphatic rings. The third-order valence-electron chi connectivity index (χ3n) is 2.19. The molecule has 2 atom stereocenters. The van der Waals surface area contributed by atoms with Crippen molar-refractivity contribution in [2.75, 3.05) is 13.7 Å². The van der Waals surface area contributed by atoms with E-state index in [9.17, 15) is 22.8 Å². The van der Waals surface area contributed by atoms with Gasteiger partial charge in [0.2, 0.25) is 18.0 Å². The van der Waals surface area contributed by atoms with Gasteiger partial charge in [0.15, 0.2) is 0 Å². The molecule has 0 aliphatic carbocycles. The maximum absolute atomic E-state index is 12.5. The van der Waals surface area contributed by atoms with E-state index in [1.54, 1.807) is 0 Å². The zero-order valence-electron chi connectivity index (χ0n) is 8.67. The Labute approximate surface area is 89.5 Å². The quantitative estimate of drug-likeness (QED) is 0.694. The molecular weight excluding hydrogens is 229 g/mol. The first-order valence-electron chi connectivity index (χ1n) is 4.48. The second kappa shape index (κ2) is 4.28. The van der Waals surface area contributed by atoms with Crippen molar-refractivity contribution in [1.82, 2.24) is 10.2 Å². The van der Waals surface area contributed by atoms with Crippen molar-refractivity contribution >= 4 is 11.8 Å². The van der Waals surface area contributed by atoms with Crippen LogP contribution in [0.3, 0.4) is 0 Å². The van der Waals surface area contributed by atoms with Gasteiger partial charge in [0, 0.05) is 14.0 Å². The molecule has 0 spiro atoms. The summed E-state index contributed by atoms with van der Waals surface area (Å²) in [6.45, 7) is 0.507. The lowest BCUT2D eigenvalue weighted by molar-refractivity contribution is -0.239. The molecule has 2 amide bonds. The smallest absolute Gasteiger partial charge is 0.357 e. The number of rotatable bonds is 1. The predicted molar refractivity (Wildman–Crippen MR) is 46.2 cm³/mol. The van der Waals surface area contributed by atoms with Crippen LogP contribution in [0, 0.1) is 0 Å². The zero-order valence-corrected chi connectivity index (χ0v) is 8.67. The van der Waals surface area contributed by atoms with Gasteiger partial charge in [-0.15, -0.1) is 0 Å². The molecule has 8 heteroatoms. The molecular formula is C8H11F3N2O3. The number of carbonyl (C=O) groups is 2. The molecule has 0 radical (unpaired) electrons. The summed E-state index contributed by atoms with van der Waals surface area (Å²) < 4.78 is 41.8. The Bertz CT molecular complexity index is 305. The van der Waals surface area contributed by atoms with Gasteiger partial charge in [-0.25, -0.2) is 0 Å². The van der Waals surface area contributed by atoms with Gasteiger partial charge in [0.1, 0.15) is 6.04 Å². The molecule has 0 unspecified atom stereocenters. The van der Waals surface area contributed by atoms with E-state index in [0.717, 1.165) is 6.92 Å². The summed E-state index contributed by atoms with van der Waals surface area (Å²) in [6.07, 6.45) is -7.04. The summed E-state index contributed by atoms with van der Waals surface area (Å²) in [7, 11) is 1.28. The summed E-state index contributed by atoms with van der Waals surface area (Å²) in [5.74, 6) is -1.53. The maximum Gasteiger partial charge on any atom is 0.433 e. The van der Waals surface area contributed by atoms with Gasteiger partial charge in [0.05, 0.1) is 6.61 Å². The van der Waals surface area contributed by atoms with E-state index in [2.05, 4.69) is 10.1 Å². The highest BCUT2D eigenvalue weighted by atomic mass is 19.4. The summed E-state index contributed by atoms with van der Waals surface area (Å²) in [5.41, 5.74) is 0. The van der Waals surface area contributed by atoms with E-state index < -0.39 is 36.9 Å². The second-order valence-electron chi connectivity index (χ2n) is 3.28. The fourth-order valence-electron chi connectivity index (χ4n) is 1.51. The van der Waals surface area contributed by atoms with Crippen LogP contribution in [0.2, 0.25) is 0 Å². The molecule has 0 aromatic carbocycles. The van der Waals surface area contributed by atoms with Gasteiger partial charge >= 0.3 is 6.18 Å². The summed E-state index contributed by atoms with van der Waals surface area (Å²) in [4.78, 5) is 22.8. The first-order valence-corrected chi connectivity index (χ1v) is 4.48. The normalized spacial score (nSPS) is 25.7. The molecule has 1 rings (SSSR count). The monoisotopic (exact) mass is 240 g/mol. The fourth-order valence-corrected chi connectivity index (χ4v) is 1.51. The minimum atomic E-state index is -4.70. The summed E-state index contributed by atoms with van der Waals surface area (Å²) >= 11 is 0. The van der Waals surface area contributed by atoms with Gasteiger partial charge in [-0.1, -0.05) is 0 Å². The van der Waals surface area contributed by atoms with Gasteiger partial charge in [-0.05, 0) is 0 Å². The highest BCUT2D eigenvalue weighted by molar-refractivity contribution is 5.87. The number of halogens is 3. The summed E-state index contributed by atoms with van der Waals surface area (Å²) in [6, 6.07) is -1.23. The second-order valence-corrected chi connectivity index (χ2v) is 3.28. The van der Waals surface area contributed by atoms with Crippen molar-refractivity contribution in [3.05, 3.63) is 0 Å². The average Bonchev–Trinajstić information content (AvgIpc) is 2.59. The standard InChI is InChI=1S/C8H11F3N2O3/c1-4(14)13-5(6(15)12-2)3-16-7(13)8(9,10)11/h5,7H,3H2,1-2H3,(H,12,15)/t5-,7+/m0/s1. The van der Waals surface area contributed by atoms with E-state index in [0.29, 0.717) is 4.90 Å². The minimum Gasteiger partial charge on any atom is -0.357 e. The van der Waals surface area contributed by atoms with Crippen LogP contribution in [0.25, 0.3) is 0 Å². The lowest BCUT2D eigenvalue weighted by Crippen LogP contribution is -2.52. The number of nitrogens with one attached hydrogen (secondary N) is 1. The lowest BCUT2D eigenvalue weighted by Gasteiger charge is -2.27. The molecule has 0 aromatic rings. The minimum absolute atomic E-state index is 0.402. The number of carbonyl (C=O) groups excluding carboxylic acids is 2. The van der Waals surface area contributed by atoms with Crippen molar-refractivity contribution in [2.45, 2.75) is 25.4 Å². The van der Waals surface area contributed by atoms with E-state index in [4.69, 9.17) is 0 Å². The first-order chi connectivity index (χ1) is 7.29. The van der Waals surface area contributed by atoms with E-state index >= 15 is 0 Å². The number of alkyl halides is 3. The van der Waals surface area contributed by atoms with Crippen LogP contribution in [-0.2, 0) is 14.3 Å². The largest absolute Gasteiger partial charge is 0.433 e. The van der Waals surface area contributed by atoms with Gasteiger partial charge < -0.3 is 10.1 Å². The topological polar surface area (TPSA) is 58.6 Å². The number of ether oxygens (including phenoxy) is 1. The van der Waals surface area contributed by atoms with Crippen molar-refractivity contribution in [2.24, 2.45) is 0 Å². The van der Waals surface area contributed by atoms with Crippen LogP contribution in [0.5, 0.6) is 0 Å². The van der Waals surface area contributed by atoms with Crippen LogP contribution in [-0.4, -0.2) is 48.8 Å². The Morgan fingerprint density at radius 3 is 2.38 bits per heavy atom. The SMILES string of the molecule is CNC(=O)[C@@H]1CO[C@H](C(F)(F)F)N1C(C)=O. The molecule has 5 nitrogen and oxygen atoms in total. The number of likely N-dealkylation sites (N-methyl/N-ethyl adjacent to an activating group) is 1. The molecule has 1 saturated heterocycles. The predicted octanol–water partition coefficient (Wildman–Crippen LogP) is -0.132. The Hall–Kier alpha value is -1.31. The average molecular weight is 240 g/mol. The van der Waals surface area contributed by atoms with Crippen LogP contribution in [0.15, 0.2) is 0 Å². The van der Waals surface area contributed by atoms with Crippen LogP contribution in [0.4, 0.5) is 13.2 Å². The highest BCUT2D eigenvalue weighted by Gasteiger charge is 2.53. The Morgan fingerprint density at radius 1 is 1.44 bits per heavy atom. The van der Waals surface area contributed by atoms with Gasteiger partial charge in [-0.2, -0.15) is 13.2 Å². The van der Waals surface area contributed by atoms with Crippen LogP contribution >= 0.6 is 0 Å². The van der Waals surface area contributed by atoms with Crippen LogP contribution < -0.4 is 5.32 Å². The number of hydrogen-bond acceptors (Lipinski definition) is 3. The van der Waals surface area contributed by atoms with Crippen molar-refractivity contribution in [3.63, 3.8) is 0 Å². The number of amides is 2. The molecule has 0 aromatic heterocycles. The molecule has 1 aliphatic heterocycles. The highest BCUT2D eigenvalue weighted by Crippen LogP contribution is 2.31. The molecule has 16 heavy (non-hydrogen) atoms. The number of nitrogens with zero attached hydrogens (tertiary/aromatic N) is 1. The summed E-state index contributed by atoms with van der Waals surface area (Å²) in [5, 5.41) is 2.18. The third kappa shape index (κ3) is 2.26. The first kappa shape index (κ1) is 12.8. The molecule has 92 valence electrons. The Balaban J connectivity index is 2.94. The van der Waals surface area contributed by atoms with Gasteiger partial charge in [-0.3, -0.25) is 14.5 Å². The Morgan fingerprint density at radius 2 is 2.00 bits per heavy atom. The molecule has 0 saturated carbocycles. The van der Waals surface area contributed by atoms with Gasteiger partial charge in [0.25, 0.3) is 0 Å². The number of hydrogen-bond donors (Lipinski definition) is 1. The van der Waals surface area contributed by atoms with Crippen LogP contribution in [0.1, 0.15) is 6.92 Å². The van der Waals surface area contributed by atoms with E-state index in [-0.39, 0.29) is 0 Å². The zero-order chi connectivity index (χ0) is 12.5. The maximum atomic E-state index is 12.5. The Kier molecular flexibility index (Phi) is 3.41. The third-order valence-corrected chi connectivity index (χ3v) is 2.19.